The zero-order valence-electron chi connectivity index (χ0n) is 9.70. The van der Waals surface area contributed by atoms with Gasteiger partial charge in [-0.25, -0.2) is 4.79 Å². The smallest absolute Gasteiger partial charge is 0.329 e. The van der Waals surface area contributed by atoms with Crippen LogP contribution in [-0.4, -0.2) is 48.3 Å². The maximum Gasteiger partial charge on any atom is 0.329 e. The second-order valence-corrected chi connectivity index (χ2v) is 4.69. The minimum absolute atomic E-state index is 0.144. The molecule has 1 heterocycles. The van der Waals surface area contributed by atoms with Crippen molar-refractivity contribution in [2.24, 2.45) is 0 Å². The Morgan fingerprint density at radius 2 is 2.24 bits per heavy atom. The number of carbonyl (C=O) groups excluding carboxylic acids is 1. The molecule has 2 rings (SSSR count). The summed E-state index contributed by atoms with van der Waals surface area (Å²) < 4.78 is 5.40. The molecule has 1 aliphatic carbocycles. The van der Waals surface area contributed by atoms with Crippen molar-refractivity contribution < 1.29 is 19.4 Å². The van der Waals surface area contributed by atoms with Gasteiger partial charge in [0.05, 0.1) is 19.1 Å². The number of amides is 1. The van der Waals surface area contributed by atoms with Crippen molar-refractivity contribution in [3.05, 3.63) is 0 Å². The Morgan fingerprint density at radius 1 is 1.47 bits per heavy atom. The largest absolute Gasteiger partial charge is 0.480 e. The summed E-state index contributed by atoms with van der Waals surface area (Å²) in [6, 6.07) is 0. The van der Waals surface area contributed by atoms with Crippen molar-refractivity contribution in [1.82, 2.24) is 10.6 Å². The van der Waals surface area contributed by atoms with E-state index in [4.69, 9.17) is 9.84 Å². The second kappa shape index (κ2) is 5.01. The molecule has 1 amide bonds. The molecular weight excluding hydrogens is 224 g/mol. The minimum Gasteiger partial charge on any atom is -0.480 e. The molecule has 0 aromatic carbocycles. The zero-order valence-corrected chi connectivity index (χ0v) is 9.70. The van der Waals surface area contributed by atoms with E-state index in [1.165, 1.54) is 0 Å². The standard InChI is InChI=1S/C11H18N2O4/c14-9(6-8-7-12-4-5-17-8)13-11(10(15)16)2-1-3-11/h8,12H,1-7H2,(H,13,14)(H,15,16). The van der Waals surface area contributed by atoms with Crippen molar-refractivity contribution in [1.29, 1.82) is 0 Å². The number of hydrogen-bond donors (Lipinski definition) is 3. The van der Waals surface area contributed by atoms with Gasteiger partial charge in [0.2, 0.25) is 5.91 Å². The number of carboxylic acid groups (broad SMARTS) is 1. The first-order chi connectivity index (χ1) is 8.12. The Hall–Kier alpha value is -1.14. The number of ether oxygens (including phenoxy) is 1. The molecule has 3 N–H and O–H groups in total. The minimum atomic E-state index is -1.01. The number of morpholine rings is 1. The van der Waals surface area contributed by atoms with Gasteiger partial charge in [-0.1, -0.05) is 0 Å². The highest BCUT2D eigenvalue weighted by Gasteiger charge is 2.45. The molecule has 1 aliphatic heterocycles. The van der Waals surface area contributed by atoms with E-state index >= 15 is 0 Å². The Balaban J connectivity index is 1.81. The number of hydrogen-bond acceptors (Lipinski definition) is 4. The summed E-state index contributed by atoms with van der Waals surface area (Å²) in [4.78, 5) is 22.8. The molecule has 1 saturated carbocycles. The molecule has 0 aromatic rings. The Kier molecular flexibility index (Phi) is 3.63. The lowest BCUT2D eigenvalue weighted by atomic mass is 9.76. The van der Waals surface area contributed by atoms with Crippen molar-refractivity contribution in [2.75, 3.05) is 19.7 Å². The van der Waals surface area contributed by atoms with Gasteiger partial charge in [-0.05, 0) is 19.3 Å². The van der Waals surface area contributed by atoms with E-state index in [0.29, 0.717) is 26.0 Å². The van der Waals surface area contributed by atoms with Gasteiger partial charge in [-0.2, -0.15) is 0 Å². The molecule has 17 heavy (non-hydrogen) atoms. The topological polar surface area (TPSA) is 87.7 Å². The third kappa shape index (κ3) is 2.76. The molecule has 6 heteroatoms. The first-order valence-electron chi connectivity index (χ1n) is 5.99. The lowest BCUT2D eigenvalue weighted by Gasteiger charge is -2.38. The number of rotatable bonds is 4. The third-order valence-electron chi connectivity index (χ3n) is 3.41. The fraction of sp³-hybridized carbons (Fsp3) is 0.818. The fourth-order valence-corrected chi connectivity index (χ4v) is 2.20. The molecule has 1 saturated heterocycles. The summed E-state index contributed by atoms with van der Waals surface area (Å²) >= 11 is 0. The Bertz CT molecular complexity index is 309. The van der Waals surface area contributed by atoms with Gasteiger partial charge < -0.3 is 20.5 Å². The summed E-state index contributed by atoms with van der Waals surface area (Å²) in [5.41, 5.74) is -1.01. The van der Waals surface area contributed by atoms with Crippen LogP contribution in [0.25, 0.3) is 0 Å². The van der Waals surface area contributed by atoms with Crippen LogP contribution in [0.5, 0.6) is 0 Å². The molecular formula is C11H18N2O4. The van der Waals surface area contributed by atoms with Crippen LogP contribution in [0.4, 0.5) is 0 Å². The molecule has 2 fully saturated rings. The van der Waals surface area contributed by atoms with Crippen molar-refractivity contribution in [3.63, 3.8) is 0 Å². The average Bonchev–Trinajstić information content (AvgIpc) is 2.24. The van der Waals surface area contributed by atoms with Gasteiger partial charge in [-0.3, -0.25) is 4.79 Å². The van der Waals surface area contributed by atoms with Gasteiger partial charge in [0.1, 0.15) is 5.54 Å². The van der Waals surface area contributed by atoms with Crippen molar-refractivity contribution in [2.45, 2.75) is 37.3 Å². The highest BCUT2D eigenvalue weighted by Crippen LogP contribution is 2.32. The van der Waals surface area contributed by atoms with Gasteiger partial charge in [0, 0.05) is 13.1 Å². The van der Waals surface area contributed by atoms with Crippen LogP contribution in [-0.2, 0) is 14.3 Å². The van der Waals surface area contributed by atoms with E-state index in [9.17, 15) is 9.59 Å². The molecule has 2 aliphatic rings. The molecule has 1 unspecified atom stereocenters. The van der Waals surface area contributed by atoms with Crippen LogP contribution in [0.15, 0.2) is 0 Å². The molecule has 0 spiro atoms. The third-order valence-corrected chi connectivity index (χ3v) is 3.41. The summed E-state index contributed by atoms with van der Waals surface area (Å²) in [7, 11) is 0. The van der Waals surface area contributed by atoms with E-state index in [2.05, 4.69) is 10.6 Å². The summed E-state index contributed by atoms with van der Waals surface area (Å²) in [5, 5.41) is 14.8. The number of aliphatic carboxylic acids is 1. The SMILES string of the molecule is O=C(CC1CNCCO1)NC1(C(=O)O)CCC1. The van der Waals surface area contributed by atoms with Crippen LogP contribution >= 0.6 is 0 Å². The Labute approximate surface area is 99.7 Å². The van der Waals surface area contributed by atoms with Crippen molar-refractivity contribution in [3.8, 4) is 0 Å². The highest BCUT2D eigenvalue weighted by molar-refractivity contribution is 5.88. The lowest BCUT2D eigenvalue weighted by molar-refractivity contribution is -0.152. The second-order valence-electron chi connectivity index (χ2n) is 4.69. The van der Waals surface area contributed by atoms with Gasteiger partial charge in [0.25, 0.3) is 0 Å². The number of carboxylic acids is 1. The molecule has 6 nitrogen and oxygen atoms in total. The maximum absolute atomic E-state index is 11.7. The van der Waals surface area contributed by atoms with Gasteiger partial charge in [-0.15, -0.1) is 0 Å². The number of nitrogens with one attached hydrogen (secondary N) is 2. The average molecular weight is 242 g/mol. The maximum atomic E-state index is 11.7. The molecule has 0 bridgehead atoms. The zero-order chi connectivity index (χ0) is 12.3. The molecule has 0 aromatic heterocycles. The van der Waals surface area contributed by atoms with Gasteiger partial charge >= 0.3 is 5.97 Å². The van der Waals surface area contributed by atoms with Crippen LogP contribution in [0, 0.1) is 0 Å². The van der Waals surface area contributed by atoms with E-state index in [1.807, 2.05) is 0 Å². The Morgan fingerprint density at radius 3 is 2.71 bits per heavy atom. The number of carbonyl (C=O) groups is 2. The first-order valence-corrected chi connectivity index (χ1v) is 5.99. The van der Waals surface area contributed by atoms with E-state index in [1.54, 1.807) is 0 Å². The molecule has 0 radical (unpaired) electrons. The van der Waals surface area contributed by atoms with E-state index in [-0.39, 0.29) is 18.4 Å². The van der Waals surface area contributed by atoms with Crippen LogP contribution < -0.4 is 10.6 Å². The van der Waals surface area contributed by atoms with E-state index in [0.717, 1.165) is 13.0 Å². The molecule has 1 atom stereocenters. The predicted octanol–water partition coefficient (Wildman–Crippen LogP) is -0.512. The summed E-state index contributed by atoms with van der Waals surface area (Å²) in [5.74, 6) is -1.17. The summed E-state index contributed by atoms with van der Waals surface area (Å²) in [6.07, 6.45) is 1.99. The highest BCUT2D eigenvalue weighted by atomic mass is 16.5. The van der Waals surface area contributed by atoms with Crippen LogP contribution in [0.3, 0.4) is 0 Å². The van der Waals surface area contributed by atoms with Crippen LogP contribution in [0.2, 0.25) is 0 Å². The van der Waals surface area contributed by atoms with Crippen molar-refractivity contribution >= 4 is 11.9 Å². The lowest BCUT2D eigenvalue weighted by Crippen LogP contribution is -2.59. The predicted molar refractivity (Wildman–Crippen MR) is 59.6 cm³/mol. The quantitative estimate of drug-likeness (QED) is 0.618. The fourth-order valence-electron chi connectivity index (χ4n) is 2.20. The first kappa shape index (κ1) is 12.3. The van der Waals surface area contributed by atoms with Crippen LogP contribution in [0.1, 0.15) is 25.7 Å². The molecule has 96 valence electrons. The monoisotopic (exact) mass is 242 g/mol. The van der Waals surface area contributed by atoms with E-state index < -0.39 is 11.5 Å². The van der Waals surface area contributed by atoms with Gasteiger partial charge in [0.15, 0.2) is 0 Å². The normalized spacial score (nSPS) is 26.9. The summed E-state index contributed by atoms with van der Waals surface area (Å²) in [6.45, 7) is 2.05.